The molecule has 2 aliphatic heterocycles. The van der Waals surface area contributed by atoms with Gasteiger partial charge in [0.1, 0.15) is 40.2 Å². The number of nitrogens with two attached hydrogens (primary N) is 1. The van der Waals surface area contributed by atoms with Gasteiger partial charge < -0.3 is 65.1 Å². The number of ether oxygens (including phenoxy) is 5. The first kappa shape index (κ1) is 50.9. The van der Waals surface area contributed by atoms with Gasteiger partial charge in [-0.05, 0) is 73.2 Å². The van der Waals surface area contributed by atoms with E-state index in [2.05, 4.69) is 40.4 Å². The Morgan fingerprint density at radius 1 is 0.861 bits per heavy atom. The maximum Gasteiger partial charge on any atom is 0.344 e. The number of urea groups is 1. The number of nitrogens with one attached hydrogen (secondary N) is 4. The second-order valence-corrected chi connectivity index (χ2v) is 17.5. The molecule has 19 nitrogen and oxygen atoms in total. The van der Waals surface area contributed by atoms with Gasteiger partial charge in [0.25, 0.3) is 5.56 Å². The number of esters is 1. The number of fused-ring (bicyclic) bond motifs is 2. The molecule has 0 saturated carbocycles. The van der Waals surface area contributed by atoms with Crippen LogP contribution in [0.4, 0.5) is 26.2 Å². The predicted octanol–water partition coefficient (Wildman–Crippen LogP) is 6.24. The average molecular weight is 1010 g/mol. The number of H-pyrrole nitrogens is 2. The van der Waals surface area contributed by atoms with E-state index >= 15 is 0 Å². The van der Waals surface area contributed by atoms with Crippen LogP contribution in [0.2, 0.25) is 0 Å². The molecular weight excluding hydrogens is 950 g/mol. The van der Waals surface area contributed by atoms with Crippen molar-refractivity contribution in [1.29, 1.82) is 0 Å². The number of aliphatic hydroxyl groups is 1. The van der Waals surface area contributed by atoms with E-state index in [1.807, 2.05) is 36.4 Å². The number of aliphatic imine (C=N–C) groups is 1. The Morgan fingerprint density at radius 3 is 2.36 bits per heavy atom. The molecule has 0 bridgehead atoms. The fraction of sp³-hybridized carbons (Fsp3) is 0.314. The van der Waals surface area contributed by atoms with E-state index in [1.54, 1.807) is 43.3 Å². The van der Waals surface area contributed by atoms with E-state index in [1.165, 1.54) is 18.2 Å². The molecule has 4 heterocycles. The number of benzene rings is 4. The molecule has 378 valence electrons. The van der Waals surface area contributed by atoms with E-state index in [0.717, 1.165) is 49.1 Å². The highest BCUT2D eigenvalue weighted by Gasteiger charge is 2.33. The van der Waals surface area contributed by atoms with Gasteiger partial charge in [-0.25, -0.2) is 24.0 Å². The van der Waals surface area contributed by atoms with E-state index in [9.17, 15) is 29.0 Å². The fourth-order valence-electron chi connectivity index (χ4n) is 7.99. The van der Waals surface area contributed by atoms with Crippen molar-refractivity contribution in [3.8, 4) is 22.9 Å². The van der Waals surface area contributed by atoms with Crippen LogP contribution in [0.1, 0.15) is 12.5 Å². The Bertz CT molecular complexity index is 3030. The van der Waals surface area contributed by atoms with Gasteiger partial charge in [0.2, 0.25) is 0 Å². The number of phenolic OH excluding ortho intramolecular Hbond substituents is 1. The van der Waals surface area contributed by atoms with Crippen molar-refractivity contribution in [3.63, 3.8) is 0 Å². The molecule has 0 radical (unpaired) electrons. The van der Waals surface area contributed by atoms with Crippen LogP contribution in [0.15, 0.2) is 111 Å². The van der Waals surface area contributed by atoms with Gasteiger partial charge in [0, 0.05) is 51.5 Å². The maximum atomic E-state index is 14.6. The van der Waals surface area contributed by atoms with Gasteiger partial charge in [-0.3, -0.25) is 9.69 Å². The third kappa shape index (κ3) is 12.9. The molecule has 0 unspecified atom stereocenters. The molecule has 6 aromatic rings. The number of halogens is 1. The number of aromatic nitrogens is 3. The molecular formula is C51H56FN9O10S. The van der Waals surface area contributed by atoms with Crippen LogP contribution in [0.5, 0.6) is 11.5 Å². The zero-order chi connectivity index (χ0) is 50.4. The second-order valence-electron chi connectivity index (χ2n) is 16.4. The summed E-state index contributed by atoms with van der Waals surface area (Å²) in [6.07, 6.45) is 1.67. The first-order chi connectivity index (χ1) is 35.1. The summed E-state index contributed by atoms with van der Waals surface area (Å²) in [6.45, 7) is 8.64. The minimum Gasteiger partial charge on any atom is -0.506 e. The van der Waals surface area contributed by atoms with Crippen LogP contribution in [-0.4, -0.2) is 146 Å². The quantitative estimate of drug-likeness (QED) is 0.0294. The lowest BCUT2D eigenvalue weighted by Gasteiger charge is -2.36. The number of imidazole rings is 1. The number of anilines is 2. The fourth-order valence-corrected chi connectivity index (χ4v) is 9.03. The number of phenols is 1. The first-order valence-corrected chi connectivity index (χ1v) is 24.3. The highest BCUT2D eigenvalue weighted by Crippen LogP contribution is 2.41. The lowest BCUT2D eigenvalue weighted by molar-refractivity contribution is -0.138. The van der Waals surface area contributed by atoms with E-state index < -0.39 is 17.3 Å². The summed E-state index contributed by atoms with van der Waals surface area (Å²) >= 11 is 1.14. The van der Waals surface area contributed by atoms with Crippen molar-refractivity contribution < 1.29 is 47.9 Å². The topological polar surface area (TPSA) is 251 Å². The third-order valence-corrected chi connectivity index (χ3v) is 12.6. The Hall–Kier alpha value is -7.43. The van der Waals surface area contributed by atoms with Crippen molar-refractivity contribution >= 4 is 73.9 Å². The predicted molar refractivity (Wildman–Crippen MR) is 276 cm³/mol. The lowest BCUT2D eigenvalue weighted by Crippen LogP contribution is -2.49. The number of carbonyl (C=O) groups is 2. The summed E-state index contributed by atoms with van der Waals surface area (Å²) in [5, 5.41) is 27.6. The summed E-state index contributed by atoms with van der Waals surface area (Å²) in [7, 11) is 0. The van der Waals surface area contributed by atoms with Gasteiger partial charge in [-0.1, -0.05) is 42.1 Å². The lowest BCUT2D eigenvalue weighted by atomic mass is 10.1. The van der Waals surface area contributed by atoms with Crippen molar-refractivity contribution in [2.24, 2.45) is 4.99 Å². The van der Waals surface area contributed by atoms with Gasteiger partial charge in [-0.15, -0.1) is 0 Å². The molecule has 1 saturated heterocycles. The number of piperazine rings is 1. The number of aromatic amines is 2. The molecule has 8 rings (SSSR count). The summed E-state index contributed by atoms with van der Waals surface area (Å²) in [5.74, 6) is -1.01. The molecule has 2 aliphatic rings. The van der Waals surface area contributed by atoms with Crippen LogP contribution >= 0.6 is 11.8 Å². The smallest absolute Gasteiger partial charge is 0.344 e. The second kappa shape index (κ2) is 24.6. The number of nitrogen functional groups attached to an aromatic ring is 1. The van der Waals surface area contributed by atoms with Crippen molar-refractivity contribution in [3.05, 3.63) is 123 Å². The monoisotopic (exact) mass is 1010 g/mol. The number of pyridine rings is 1. The number of nitrogens with zero attached hydrogens (tertiary/aromatic N) is 4. The minimum absolute atomic E-state index is 0.0126. The molecule has 0 aliphatic carbocycles. The molecule has 21 heteroatoms. The number of aliphatic hydroxyl groups excluding tert-OH is 1. The van der Waals surface area contributed by atoms with Gasteiger partial charge in [0.15, 0.2) is 11.5 Å². The average Bonchev–Trinajstić information content (AvgIpc) is 3.93. The normalized spacial score (nSPS) is 15.3. The third-order valence-electron chi connectivity index (χ3n) is 11.6. The molecule has 2 amide bonds. The Morgan fingerprint density at radius 2 is 1.60 bits per heavy atom. The zero-order valence-corrected chi connectivity index (χ0v) is 40.4. The highest BCUT2D eigenvalue weighted by molar-refractivity contribution is 8.18. The largest absolute Gasteiger partial charge is 0.506 e. The minimum atomic E-state index is -0.674. The summed E-state index contributed by atoms with van der Waals surface area (Å²) < 4.78 is 42.3. The Labute approximate surface area is 417 Å². The first-order valence-electron chi connectivity index (χ1n) is 23.5. The zero-order valence-electron chi connectivity index (χ0n) is 39.6. The van der Waals surface area contributed by atoms with Gasteiger partial charge >= 0.3 is 12.0 Å². The Balaban J connectivity index is 0.654. The standard InChI is InChI=1S/C51H56FN9O10S/c1-2-70-50(65)44-46(63)41(72-49(44)56-33-7-4-3-5-8-33)30-32-11-14-39(62)40(29-32)71-28-27-69-26-25-68-24-23-67-22-16-55-51(66)54-15-17-60-18-20-61(21-19-60)34-12-13-36-38(31-34)58-47(57-36)43-45(53)42-35(52)9-6-10-37(42)59-48(43)64/h3-14,29-31,62-63H,2,15-28H2,1H3,(H,57,58)(H3,53,59,64)(H2,54,55,66)/b41-30-,56-49?. The number of hydrogen-bond acceptors (Lipinski definition) is 16. The van der Waals surface area contributed by atoms with Crippen molar-refractivity contribution in [2.75, 3.05) is 109 Å². The van der Waals surface area contributed by atoms with Crippen LogP contribution < -0.4 is 31.6 Å². The number of para-hydroxylation sites is 1. The molecule has 2 aromatic heterocycles. The number of carbonyl (C=O) groups excluding carboxylic acids is 2. The van der Waals surface area contributed by atoms with Crippen molar-refractivity contribution in [1.82, 2.24) is 30.5 Å². The molecule has 1 fully saturated rings. The number of rotatable bonds is 22. The van der Waals surface area contributed by atoms with Crippen molar-refractivity contribution in [2.45, 2.75) is 6.92 Å². The molecule has 4 aromatic carbocycles. The highest BCUT2D eigenvalue weighted by atomic mass is 32.2. The number of thioether (sulfide) groups is 1. The van der Waals surface area contributed by atoms with Crippen LogP contribution in [0, 0.1) is 5.82 Å². The summed E-state index contributed by atoms with van der Waals surface area (Å²) in [4.78, 5) is 58.1. The molecule has 0 spiro atoms. The van der Waals surface area contributed by atoms with E-state index in [0.29, 0.717) is 84.9 Å². The SMILES string of the molecule is CCOC(=O)C1=C(O)/C(=C/c2ccc(O)c(OCCOCCOCCOCCNC(=O)NCCN3CCN(c4ccc5nc(-c6c(N)c7c(F)cccc7[nH]c6=O)[nH]c5c4)CC3)c2)SC1=Nc1ccccc1. The summed E-state index contributed by atoms with van der Waals surface area (Å²) in [6, 6.07) is 23.9. The van der Waals surface area contributed by atoms with Gasteiger partial charge in [-0.2, -0.15) is 0 Å². The molecule has 0 atom stereocenters. The van der Waals surface area contributed by atoms with Crippen LogP contribution in [-0.2, 0) is 23.7 Å². The number of aromatic hydroxyl groups is 1. The molecule has 72 heavy (non-hydrogen) atoms. The van der Waals surface area contributed by atoms with Crippen LogP contribution in [0.25, 0.3) is 39.4 Å². The van der Waals surface area contributed by atoms with Gasteiger partial charge in [0.05, 0.1) is 84.5 Å². The Kier molecular flexibility index (Phi) is 17.4. The summed E-state index contributed by atoms with van der Waals surface area (Å²) in [5.41, 5.74) is 9.91. The number of hydrogen-bond donors (Lipinski definition) is 7. The number of amides is 2. The molecule has 8 N–H and O–H groups in total. The van der Waals surface area contributed by atoms with E-state index in [4.69, 9.17) is 29.4 Å². The van der Waals surface area contributed by atoms with E-state index in [-0.39, 0.29) is 71.1 Å². The maximum absolute atomic E-state index is 14.6. The van der Waals surface area contributed by atoms with Crippen LogP contribution in [0.3, 0.4) is 0 Å².